The molecule has 0 saturated carbocycles. The van der Waals surface area contributed by atoms with Gasteiger partial charge in [-0.1, -0.05) is 39.0 Å². The first-order valence-corrected chi connectivity index (χ1v) is 6.69. The Morgan fingerprint density at radius 3 is 2.06 bits per heavy atom. The molecule has 1 aromatic rings. The summed E-state index contributed by atoms with van der Waals surface area (Å²) in [6, 6.07) is 8.52. The summed E-state index contributed by atoms with van der Waals surface area (Å²) in [6.07, 6.45) is 0. The Kier molecular flexibility index (Phi) is 3.76. The van der Waals surface area contributed by atoms with Gasteiger partial charge in [-0.15, -0.1) is 0 Å². The minimum atomic E-state index is -3.34. The van der Waals surface area contributed by atoms with Gasteiger partial charge in [-0.05, 0) is 17.5 Å². The maximum absolute atomic E-state index is 12.1. The van der Waals surface area contributed by atoms with Crippen molar-refractivity contribution in [2.45, 2.75) is 25.7 Å². The van der Waals surface area contributed by atoms with Gasteiger partial charge in [0.2, 0.25) is 10.0 Å². The zero-order chi connectivity index (χ0) is 12.4. The van der Waals surface area contributed by atoms with Crippen molar-refractivity contribution in [1.82, 2.24) is 4.31 Å². The number of sulfonamides is 1. The molecule has 3 nitrogen and oxygen atoms in total. The fourth-order valence-electron chi connectivity index (χ4n) is 1.53. The molecule has 1 aromatic carbocycles. The van der Waals surface area contributed by atoms with Gasteiger partial charge in [0.25, 0.3) is 0 Å². The summed E-state index contributed by atoms with van der Waals surface area (Å²) < 4.78 is 25.7. The predicted molar refractivity (Wildman–Crippen MR) is 65.7 cm³/mol. The molecule has 0 saturated heterocycles. The van der Waals surface area contributed by atoms with Crippen molar-refractivity contribution in [2.24, 2.45) is 5.41 Å². The molecule has 0 spiro atoms. The van der Waals surface area contributed by atoms with Crippen molar-refractivity contribution in [3.63, 3.8) is 0 Å². The topological polar surface area (TPSA) is 37.4 Å². The summed E-state index contributed by atoms with van der Waals surface area (Å²) in [5.41, 5.74) is -0.0450. The second-order valence-electron chi connectivity index (χ2n) is 5.13. The highest BCUT2D eigenvalue weighted by Crippen LogP contribution is 2.20. The van der Waals surface area contributed by atoms with Gasteiger partial charge in [0, 0.05) is 13.6 Å². The van der Waals surface area contributed by atoms with Gasteiger partial charge in [0.05, 0.1) is 4.90 Å². The third kappa shape index (κ3) is 3.32. The number of hydrogen-bond acceptors (Lipinski definition) is 2. The molecule has 0 amide bonds. The Morgan fingerprint density at radius 2 is 1.62 bits per heavy atom. The molecule has 0 atom stereocenters. The Hall–Kier alpha value is -0.870. The van der Waals surface area contributed by atoms with E-state index in [4.69, 9.17) is 0 Å². The van der Waals surface area contributed by atoms with Crippen LogP contribution < -0.4 is 0 Å². The Balaban J connectivity index is 2.96. The van der Waals surface area contributed by atoms with Gasteiger partial charge in [0.15, 0.2) is 0 Å². The van der Waals surface area contributed by atoms with Gasteiger partial charge in [-0.3, -0.25) is 0 Å². The quantitative estimate of drug-likeness (QED) is 0.814. The van der Waals surface area contributed by atoms with Crippen molar-refractivity contribution in [2.75, 3.05) is 13.6 Å². The Bertz CT molecular complexity index is 432. The summed E-state index contributed by atoms with van der Waals surface area (Å²) >= 11 is 0. The maximum Gasteiger partial charge on any atom is 0.242 e. The molecule has 4 heteroatoms. The molecule has 0 fully saturated rings. The van der Waals surface area contributed by atoms with Crippen molar-refractivity contribution < 1.29 is 8.42 Å². The summed E-state index contributed by atoms with van der Waals surface area (Å²) in [4.78, 5) is 0.349. The van der Waals surface area contributed by atoms with Gasteiger partial charge in [-0.25, -0.2) is 12.7 Å². The molecular weight excluding hydrogens is 222 g/mol. The van der Waals surface area contributed by atoms with E-state index in [1.54, 1.807) is 31.3 Å². The second-order valence-corrected chi connectivity index (χ2v) is 7.18. The van der Waals surface area contributed by atoms with Gasteiger partial charge >= 0.3 is 0 Å². The van der Waals surface area contributed by atoms with Crippen LogP contribution in [-0.4, -0.2) is 26.3 Å². The predicted octanol–water partition coefficient (Wildman–Crippen LogP) is 2.35. The van der Waals surface area contributed by atoms with Crippen molar-refractivity contribution in [3.05, 3.63) is 30.3 Å². The standard InChI is InChI=1S/C12H19NO2S/c1-12(2,3)10-13(4)16(14,15)11-8-6-5-7-9-11/h5-9H,10H2,1-4H3. The Morgan fingerprint density at radius 1 is 1.12 bits per heavy atom. The number of benzene rings is 1. The average molecular weight is 241 g/mol. The molecule has 0 bridgehead atoms. The monoisotopic (exact) mass is 241 g/mol. The van der Waals surface area contributed by atoms with E-state index in [0.29, 0.717) is 11.4 Å². The molecular formula is C12H19NO2S. The van der Waals surface area contributed by atoms with Crippen LogP contribution in [0.4, 0.5) is 0 Å². The minimum Gasteiger partial charge on any atom is -0.207 e. The lowest BCUT2D eigenvalue weighted by atomic mass is 9.97. The third-order valence-corrected chi connectivity index (χ3v) is 3.97. The molecule has 0 unspecified atom stereocenters. The van der Waals surface area contributed by atoms with Crippen LogP contribution in [0.25, 0.3) is 0 Å². The van der Waals surface area contributed by atoms with Gasteiger partial charge in [0.1, 0.15) is 0 Å². The molecule has 0 N–H and O–H groups in total. The highest BCUT2D eigenvalue weighted by atomic mass is 32.2. The highest BCUT2D eigenvalue weighted by molar-refractivity contribution is 7.89. The van der Waals surface area contributed by atoms with Crippen LogP contribution >= 0.6 is 0 Å². The molecule has 1 rings (SSSR count). The van der Waals surface area contributed by atoms with Gasteiger partial charge in [-0.2, -0.15) is 0 Å². The van der Waals surface area contributed by atoms with Crippen LogP contribution in [0, 0.1) is 5.41 Å². The largest absolute Gasteiger partial charge is 0.242 e. The van der Waals surface area contributed by atoms with Crippen LogP contribution in [0.5, 0.6) is 0 Å². The van der Waals surface area contributed by atoms with E-state index in [1.807, 2.05) is 26.8 Å². The highest BCUT2D eigenvalue weighted by Gasteiger charge is 2.24. The first-order chi connectivity index (χ1) is 7.23. The first kappa shape index (κ1) is 13.2. The van der Waals surface area contributed by atoms with Crippen LogP contribution in [0.15, 0.2) is 35.2 Å². The lowest BCUT2D eigenvalue weighted by Gasteiger charge is -2.26. The summed E-state index contributed by atoms with van der Waals surface area (Å²) in [5.74, 6) is 0. The average Bonchev–Trinajstić information content (AvgIpc) is 2.16. The zero-order valence-electron chi connectivity index (χ0n) is 10.3. The molecule has 0 aliphatic carbocycles. The van der Waals surface area contributed by atoms with E-state index in [2.05, 4.69) is 0 Å². The van der Waals surface area contributed by atoms with E-state index in [1.165, 1.54) is 4.31 Å². The normalized spacial score (nSPS) is 13.1. The Labute approximate surface area is 98.1 Å². The van der Waals surface area contributed by atoms with E-state index >= 15 is 0 Å². The minimum absolute atomic E-state index is 0.0450. The smallest absolute Gasteiger partial charge is 0.207 e. The van der Waals surface area contributed by atoms with E-state index < -0.39 is 10.0 Å². The zero-order valence-corrected chi connectivity index (χ0v) is 11.1. The van der Waals surface area contributed by atoms with Crippen molar-refractivity contribution >= 4 is 10.0 Å². The summed E-state index contributed by atoms with van der Waals surface area (Å²) in [6.45, 7) is 6.56. The molecule has 0 aliphatic heterocycles. The van der Waals surface area contributed by atoms with Crippen LogP contribution in [0.1, 0.15) is 20.8 Å². The molecule has 90 valence electrons. The molecule has 16 heavy (non-hydrogen) atoms. The van der Waals surface area contributed by atoms with Crippen LogP contribution in [-0.2, 0) is 10.0 Å². The van der Waals surface area contributed by atoms with E-state index in [9.17, 15) is 8.42 Å². The summed E-state index contributed by atoms with van der Waals surface area (Å²) in [7, 11) is -1.72. The van der Waals surface area contributed by atoms with Crippen LogP contribution in [0.3, 0.4) is 0 Å². The maximum atomic E-state index is 12.1. The SMILES string of the molecule is CN(CC(C)(C)C)S(=O)(=O)c1ccccc1. The van der Waals surface area contributed by atoms with Crippen LogP contribution in [0.2, 0.25) is 0 Å². The molecule has 0 radical (unpaired) electrons. The van der Waals surface area contributed by atoms with E-state index in [0.717, 1.165) is 0 Å². The van der Waals surface area contributed by atoms with Crippen molar-refractivity contribution in [3.8, 4) is 0 Å². The molecule has 0 aliphatic rings. The second kappa shape index (κ2) is 4.55. The number of rotatable bonds is 3. The van der Waals surface area contributed by atoms with E-state index in [-0.39, 0.29) is 5.41 Å². The fraction of sp³-hybridized carbons (Fsp3) is 0.500. The molecule has 0 heterocycles. The fourth-order valence-corrected chi connectivity index (χ4v) is 2.94. The number of nitrogens with zero attached hydrogens (tertiary/aromatic N) is 1. The number of hydrogen-bond donors (Lipinski definition) is 0. The molecule has 0 aromatic heterocycles. The van der Waals surface area contributed by atoms with Crippen molar-refractivity contribution in [1.29, 1.82) is 0 Å². The van der Waals surface area contributed by atoms with Gasteiger partial charge < -0.3 is 0 Å². The first-order valence-electron chi connectivity index (χ1n) is 5.25. The summed E-state index contributed by atoms with van der Waals surface area (Å²) in [5, 5.41) is 0. The third-order valence-electron chi connectivity index (χ3n) is 2.15. The lowest BCUT2D eigenvalue weighted by Crippen LogP contribution is -2.34. The lowest BCUT2D eigenvalue weighted by molar-refractivity contribution is 0.311.